The van der Waals surface area contributed by atoms with Crippen molar-refractivity contribution in [2.75, 3.05) is 6.54 Å². The van der Waals surface area contributed by atoms with E-state index < -0.39 is 11.7 Å². The molecule has 0 bridgehead atoms. The van der Waals surface area contributed by atoms with Gasteiger partial charge >= 0.3 is 5.97 Å². The van der Waals surface area contributed by atoms with Crippen molar-refractivity contribution in [2.45, 2.75) is 25.2 Å². The van der Waals surface area contributed by atoms with Gasteiger partial charge in [-0.3, -0.25) is 5.32 Å². The number of aliphatic carboxylic acids is 1. The fourth-order valence-corrected chi connectivity index (χ4v) is 2.71. The fourth-order valence-electron chi connectivity index (χ4n) is 2.58. The molecule has 6 heteroatoms. The van der Waals surface area contributed by atoms with E-state index in [4.69, 9.17) is 21.1 Å². The molecule has 1 aliphatic heterocycles. The standard InChI is InChI=1S/C18H18ClNO4/c19-14-4-8-15(9-5-14)23-12-13-2-6-16(7-3-13)24-18(17(21)22)10-1-11-20-18/h2-9,20H,1,10-12H2,(H,21,22)/t18-/m1/s1. The number of carboxylic acid groups (broad SMARTS) is 1. The molecule has 0 aromatic heterocycles. The van der Waals surface area contributed by atoms with Gasteiger partial charge in [0.05, 0.1) is 0 Å². The monoisotopic (exact) mass is 347 g/mol. The van der Waals surface area contributed by atoms with Gasteiger partial charge < -0.3 is 14.6 Å². The Balaban J connectivity index is 1.61. The van der Waals surface area contributed by atoms with Gasteiger partial charge in [-0.25, -0.2) is 4.79 Å². The first kappa shape index (κ1) is 16.6. The van der Waals surface area contributed by atoms with Crippen LogP contribution in [0, 0.1) is 0 Å². The summed E-state index contributed by atoms with van der Waals surface area (Å²) >= 11 is 5.83. The van der Waals surface area contributed by atoms with Crippen molar-refractivity contribution in [1.29, 1.82) is 0 Å². The zero-order valence-electron chi connectivity index (χ0n) is 13.0. The van der Waals surface area contributed by atoms with Gasteiger partial charge in [-0.05, 0) is 54.9 Å². The zero-order valence-corrected chi connectivity index (χ0v) is 13.8. The third-order valence-electron chi connectivity index (χ3n) is 3.90. The highest BCUT2D eigenvalue weighted by molar-refractivity contribution is 6.30. The van der Waals surface area contributed by atoms with E-state index >= 15 is 0 Å². The molecule has 1 atom stereocenters. The Morgan fingerprint density at radius 3 is 2.38 bits per heavy atom. The number of carbonyl (C=O) groups is 1. The highest BCUT2D eigenvalue weighted by Gasteiger charge is 2.43. The minimum Gasteiger partial charge on any atom is -0.489 e. The molecule has 2 N–H and O–H groups in total. The molecule has 1 saturated heterocycles. The molecule has 0 amide bonds. The number of benzene rings is 2. The maximum Gasteiger partial charge on any atom is 0.363 e. The Hall–Kier alpha value is -2.24. The minimum absolute atomic E-state index is 0.407. The van der Waals surface area contributed by atoms with E-state index in [0.29, 0.717) is 30.3 Å². The van der Waals surface area contributed by atoms with Crippen LogP contribution < -0.4 is 14.8 Å². The second kappa shape index (κ2) is 7.11. The smallest absolute Gasteiger partial charge is 0.363 e. The summed E-state index contributed by atoms with van der Waals surface area (Å²) in [6.07, 6.45) is 1.23. The van der Waals surface area contributed by atoms with Crippen molar-refractivity contribution < 1.29 is 19.4 Å². The summed E-state index contributed by atoms with van der Waals surface area (Å²) in [5.41, 5.74) is -0.359. The molecular weight excluding hydrogens is 330 g/mol. The van der Waals surface area contributed by atoms with Crippen LogP contribution in [0.5, 0.6) is 11.5 Å². The molecule has 24 heavy (non-hydrogen) atoms. The van der Waals surface area contributed by atoms with Crippen molar-refractivity contribution >= 4 is 17.6 Å². The van der Waals surface area contributed by atoms with Crippen LogP contribution in [0.3, 0.4) is 0 Å². The molecule has 0 unspecified atom stereocenters. The normalized spacial score (nSPS) is 19.9. The fraction of sp³-hybridized carbons (Fsp3) is 0.278. The molecule has 1 heterocycles. The van der Waals surface area contributed by atoms with Gasteiger partial charge in [0.25, 0.3) is 5.72 Å². The number of hydrogen-bond acceptors (Lipinski definition) is 4. The van der Waals surface area contributed by atoms with E-state index in [1.165, 1.54) is 0 Å². The quantitative estimate of drug-likeness (QED) is 0.837. The molecule has 1 fully saturated rings. The number of ether oxygens (including phenoxy) is 2. The summed E-state index contributed by atoms with van der Waals surface area (Å²) in [4.78, 5) is 11.5. The Labute approximate surface area is 145 Å². The van der Waals surface area contributed by atoms with Crippen molar-refractivity contribution in [3.05, 3.63) is 59.1 Å². The first-order valence-corrected chi connectivity index (χ1v) is 8.10. The largest absolute Gasteiger partial charge is 0.489 e. The molecule has 126 valence electrons. The molecule has 5 nitrogen and oxygen atoms in total. The van der Waals surface area contributed by atoms with Crippen LogP contribution in [0.25, 0.3) is 0 Å². The summed E-state index contributed by atoms with van der Waals surface area (Å²) in [6, 6.07) is 14.4. The Bertz CT molecular complexity index is 694. The van der Waals surface area contributed by atoms with Crippen LogP contribution in [0.1, 0.15) is 18.4 Å². The van der Waals surface area contributed by atoms with Crippen LogP contribution in [-0.4, -0.2) is 23.3 Å². The number of hydrogen-bond donors (Lipinski definition) is 2. The summed E-state index contributed by atoms with van der Waals surface area (Å²) in [5, 5.41) is 13.0. The van der Waals surface area contributed by atoms with Crippen LogP contribution >= 0.6 is 11.6 Å². The van der Waals surface area contributed by atoms with Crippen LogP contribution in [-0.2, 0) is 11.4 Å². The van der Waals surface area contributed by atoms with Gasteiger partial charge in [-0.2, -0.15) is 0 Å². The van der Waals surface area contributed by atoms with Gasteiger partial charge in [0.15, 0.2) is 0 Å². The Morgan fingerprint density at radius 2 is 1.79 bits per heavy atom. The number of halogens is 1. The SMILES string of the molecule is O=C(O)[C@]1(Oc2ccc(COc3ccc(Cl)cc3)cc2)CCCN1. The average Bonchev–Trinajstić information content (AvgIpc) is 3.06. The predicted octanol–water partition coefficient (Wildman–Crippen LogP) is 3.46. The summed E-state index contributed by atoms with van der Waals surface area (Å²) in [6.45, 7) is 1.05. The lowest BCUT2D eigenvalue weighted by atomic mass is 10.1. The molecule has 1 aliphatic rings. The van der Waals surface area contributed by atoms with Gasteiger partial charge in [-0.15, -0.1) is 0 Å². The van der Waals surface area contributed by atoms with Crippen molar-refractivity contribution in [1.82, 2.24) is 5.32 Å². The maximum atomic E-state index is 11.5. The van der Waals surface area contributed by atoms with Gasteiger partial charge in [0, 0.05) is 11.4 Å². The lowest BCUT2D eigenvalue weighted by Crippen LogP contribution is -2.52. The highest BCUT2D eigenvalue weighted by Crippen LogP contribution is 2.25. The van der Waals surface area contributed by atoms with Gasteiger partial charge in [0.2, 0.25) is 0 Å². The highest BCUT2D eigenvalue weighted by atomic mass is 35.5. The lowest BCUT2D eigenvalue weighted by molar-refractivity contribution is -0.157. The van der Waals surface area contributed by atoms with Crippen LogP contribution in [0.15, 0.2) is 48.5 Å². The zero-order chi connectivity index (χ0) is 17.0. The molecule has 3 rings (SSSR count). The van der Waals surface area contributed by atoms with Gasteiger partial charge in [-0.1, -0.05) is 23.7 Å². The molecule has 2 aromatic carbocycles. The van der Waals surface area contributed by atoms with E-state index in [-0.39, 0.29) is 0 Å². The molecule has 0 radical (unpaired) electrons. The third kappa shape index (κ3) is 3.80. The second-order valence-electron chi connectivity index (χ2n) is 5.65. The van der Waals surface area contributed by atoms with Crippen molar-refractivity contribution in [2.24, 2.45) is 0 Å². The Kier molecular flexibility index (Phi) is 4.92. The van der Waals surface area contributed by atoms with E-state index in [9.17, 15) is 9.90 Å². The Morgan fingerprint density at radius 1 is 1.12 bits per heavy atom. The van der Waals surface area contributed by atoms with E-state index in [2.05, 4.69) is 5.32 Å². The molecule has 2 aromatic rings. The summed E-state index contributed by atoms with van der Waals surface area (Å²) < 4.78 is 11.4. The first-order chi connectivity index (χ1) is 11.6. The van der Waals surface area contributed by atoms with Crippen molar-refractivity contribution in [3.8, 4) is 11.5 Å². The summed E-state index contributed by atoms with van der Waals surface area (Å²) in [7, 11) is 0. The molecular formula is C18H18ClNO4. The predicted molar refractivity (Wildman–Crippen MR) is 90.5 cm³/mol. The number of rotatable bonds is 6. The minimum atomic E-state index is -1.32. The topological polar surface area (TPSA) is 67.8 Å². The second-order valence-corrected chi connectivity index (χ2v) is 6.09. The molecule has 0 spiro atoms. The van der Waals surface area contributed by atoms with E-state index in [1.807, 2.05) is 24.3 Å². The van der Waals surface area contributed by atoms with E-state index in [1.54, 1.807) is 24.3 Å². The maximum absolute atomic E-state index is 11.5. The van der Waals surface area contributed by atoms with Gasteiger partial charge in [0.1, 0.15) is 18.1 Å². The van der Waals surface area contributed by atoms with Crippen LogP contribution in [0.4, 0.5) is 0 Å². The lowest BCUT2D eigenvalue weighted by Gasteiger charge is -2.25. The van der Waals surface area contributed by atoms with E-state index in [0.717, 1.165) is 17.7 Å². The third-order valence-corrected chi connectivity index (χ3v) is 4.15. The molecule has 0 aliphatic carbocycles. The first-order valence-electron chi connectivity index (χ1n) is 7.72. The number of carboxylic acids is 1. The number of nitrogens with one attached hydrogen (secondary N) is 1. The molecule has 0 saturated carbocycles. The average molecular weight is 348 g/mol. The van der Waals surface area contributed by atoms with Crippen LogP contribution in [0.2, 0.25) is 5.02 Å². The summed E-state index contributed by atoms with van der Waals surface area (Å²) in [5.74, 6) is 0.261. The van der Waals surface area contributed by atoms with Crippen molar-refractivity contribution in [3.63, 3.8) is 0 Å².